The summed E-state index contributed by atoms with van der Waals surface area (Å²) in [5.41, 5.74) is 6.12. The van der Waals surface area contributed by atoms with Gasteiger partial charge in [-0.3, -0.25) is 0 Å². The van der Waals surface area contributed by atoms with E-state index >= 15 is 0 Å². The number of anilines is 1. The van der Waals surface area contributed by atoms with Gasteiger partial charge in [0.15, 0.2) is 5.13 Å². The van der Waals surface area contributed by atoms with Gasteiger partial charge in [-0.05, 0) is 33.6 Å². The van der Waals surface area contributed by atoms with Crippen LogP contribution in [0.1, 0.15) is 67.7 Å². The second-order valence-corrected chi connectivity index (χ2v) is 6.78. The van der Waals surface area contributed by atoms with E-state index in [4.69, 9.17) is 10.5 Å². The van der Waals surface area contributed by atoms with E-state index in [1.165, 1.54) is 24.2 Å². The molecule has 100 valence electrons. The molecule has 1 fully saturated rings. The molecule has 0 bridgehead atoms. The zero-order chi connectivity index (χ0) is 13.3. The van der Waals surface area contributed by atoms with Crippen molar-refractivity contribution in [3.63, 3.8) is 0 Å². The largest absolute Gasteiger partial charge is 0.456 e. The molecule has 0 radical (unpaired) electrons. The highest BCUT2D eigenvalue weighted by atomic mass is 32.1. The van der Waals surface area contributed by atoms with Gasteiger partial charge in [-0.1, -0.05) is 24.2 Å². The number of ether oxygens (including phenoxy) is 1. The van der Waals surface area contributed by atoms with Gasteiger partial charge in [-0.15, -0.1) is 0 Å². The highest BCUT2D eigenvalue weighted by Gasteiger charge is 2.29. The minimum atomic E-state index is -0.483. The molecule has 0 saturated heterocycles. The van der Waals surface area contributed by atoms with Gasteiger partial charge in [-0.2, -0.15) is 0 Å². The molecule has 0 spiro atoms. The van der Waals surface area contributed by atoms with Crippen molar-refractivity contribution in [2.24, 2.45) is 0 Å². The van der Waals surface area contributed by atoms with Gasteiger partial charge in [0.05, 0.1) is 5.69 Å². The third kappa shape index (κ3) is 3.02. The predicted octanol–water partition coefficient (Wildman–Crippen LogP) is 3.34. The molecule has 1 aromatic heterocycles. The SMILES string of the molecule is CC(C)(C)OC(=O)c1sc(N)nc1C1CCCC1. The van der Waals surface area contributed by atoms with Crippen LogP contribution >= 0.6 is 11.3 Å². The Hall–Kier alpha value is -1.10. The molecule has 2 N–H and O–H groups in total. The van der Waals surface area contributed by atoms with Crippen LogP contribution < -0.4 is 5.73 Å². The number of nitrogen functional groups attached to an aromatic ring is 1. The lowest BCUT2D eigenvalue weighted by atomic mass is 10.0. The van der Waals surface area contributed by atoms with Crippen molar-refractivity contribution in [1.29, 1.82) is 0 Å². The maximum atomic E-state index is 12.1. The van der Waals surface area contributed by atoms with Crippen molar-refractivity contribution in [3.05, 3.63) is 10.6 Å². The Balaban J connectivity index is 2.24. The lowest BCUT2D eigenvalue weighted by molar-refractivity contribution is 0.00733. The van der Waals surface area contributed by atoms with Crippen LogP contribution in [0.2, 0.25) is 0 Å². The number of esters is 1. The summed E-state index contributed by atoms with van der Waals surface area (Å²) in [6.45, 7) is 5.60. The first kappa shape index (κ1) is 13.3. The van der Waals surface area contributed by atoms with Crippen molar-refractivity contribution in [2.75, 3.05) is 5.73 Å². The molecule has 1 aliphatic carbocycles. The monoisotopic (exact) mass is 268 g/mol. The molecule has 1 saturated carbocycles. The van der Waals surface area contributed by atoms with Gasteiger partial charge in [0.25, 0.3) is 0 Å². The fourth-order valence-electron chi connectivity index (χ4n) is 2.30. The highest BCUT2D eigenvalue weighted by molar-refractivity contribution is 7.17. The van der Waals surface area contributed by atoms with Crippen LogP contribution in [0.5, 0.6) is 0 Å². The molecule has 0 atom stereocenters. The van der Waals surface area contributed by atoms with Crippen molar-refractivity contribution in [3.8, 4) is 0 Å². The molecule has 0 unspecified atom stereocenters. The van der Waals surface area contributed by atoms with Gasteiger partial charge in [0.2, 0.25) is 0 Å². The first-order chi connectivity index (χ1) is 8.37. The molecule has 4 nitrogen and oxygen atoms in total. The maximum absolute atomic E-state index is 12.1. The topological polar surface area (TPSA) is 65.2 Å². The van der Waals surface area contributed by atoms with Crippen molar-refractivity contribution >= 4 is 22.4 Å². The van der Waals surface area contributed by atoms with Crippen molar-refractivity contribution < 1.29 is 9.53 Å². The normalized spacial score (nSPS) is 17.1. The average Bonchev–Trinajstić information content (AvgIpc) is 2.82. The maximum Gasteiger partial charge on any atom is 0.350 e. The minimum Gasteiger partial charge on any atom is -0.456 e. The zero-order valence-corrected chi connectivity index (χ0v) is 12.0. The minimum absolute atomic E-state index is 0.293. The number of hydrogen-bond acceptors (Lipinski definition) is 5. The number of carbonyl (C=O) groups is 1. The molecule has 1 aliphatic rings. The van der Waals surface area contributed by atoms with E-state index in [0.717, 1.165) is 18.5 Å². The lowest BCUT2D eigenvalue weighted by Crippen LogP contribution is -2.24. The molecular formula is C13H20N2O2S. The van der Waals surface area contributed by atoms with Gasteiger partial charge in [0, 0.05) is 5.92 Å². The van der Waals surface area contributed by atoms with Gasteiger partial charge >= 0.3 is 5.97 Å². The molecule has 0 aromatic carbocycles. The number of nitrogens with zero attached hydrogens (tertiary/aromatic N) is 1. The fourth-order valence-corrected chi connectivity index (χ4v) is 3.09. The second kappa shape index (κ2) is 4.88. The fraction of sp³-hybridized carbons (Fsp3) is 0.692. The number of carbonyl (C=O) groups excluding carboxylic acids is 1. The zero-order valence-electron chi connectivity index (χ0n) is 11.2. The molecule has 5 heteroatoms. The van der Waals surface area contributed by atoms with E-state index in [2.05, 4.69) is 4.98 Å². The first-order valence-electron chi connectivity index (χ1n) is 6.36. The molecular weight excluding hydrogens is 248 g/mol. The molecule has 0 aliphatic heterocycles. The van der Waals surface area contributed by atoms with Gasteiger partial charge in [0.1, 0.15) is 10.5 Å². The van der Waals surface area contributed by atoms with Crippen LogP contribution in [-0.2, 0) is 4.74 Å². The number of thiazole rings is 1. The van der Waals surface area contributed by atoms with Gasteiger partial charge in [-0.25, -0.2) is 9.78 Å². The van der Waals surface area contributed by atoms with Gasteiger partial charge < -0.3 is 10.5 Å². The summed E-state index contributed by atoms with van der Waals surface area (Å²) in [6, 6.07) is 0. The van der Waals surface area contributed by atoms with Crippen LogP contribution in [0, 0.1) is 0 Å². The molecule has 2 rings (SSSR count). The summed E-state index contributed by atoms with van der Waals surface area (Å²) in [7, 11) is 0. The number of nitrogens with two attached hydrogens (primary N) is 1. The summed E-state index contributed by atoms with van der Waals surface area (Å²) >= 11 is 1.24. The molecule has 0 amide bonds. The van der Waals surface area contributed by atoms with Crippen molar-refractivity contribution in [1.82, 2.24) is 4.98 Å². The summed E-state index contributed by atoms with van der Waals surface area (Å²) in [5.74, 6) is 0.0830. The Morgan fingerprint density at radius 3 is 2.56 bits per heavy atom. The lowest BCUT2D eigenvalue weighted by Gasteiger charge is -2.19. The summed E-state index contributed by atoms with van der Waals surface area (Å²) in [4.78, 5) is 17.1. The second-order valence-electron chi connectivity index (χ2n) is 5.75. The average molecular weight is 268 g/mol. The van der Waals surface area contributed by atoms with E-state index in [1.807, 2.05) is 20.8 Å². The Kier molecular flexibility index (Phi) is 3.61. The third-order valence-corrected chi connectivity index (χ3v) is 3.88. The Morgan fingerprint density at radius 2 is 2.00 bits per heavy atom. The Labute approximate surface area is 112 Å². The van der Waals surface area contributed by atoms with Crippen LogP contribution in [0.3, 0.4) is 0 Å². The number of hydrogen-bond donors (Lipinski definition) is 1. The Bertz CT molecular complexity index is 442. The quantitative estimate of drug-likeness (QED) is 0.835. The number of aromatic nitrogens is 1. The standard InChI is InChI=1S/C13H20N2O2S/c1-13(2,3)17-11(16)10-9(15-12(14)18-10)8-6-4-5-7-8/h8H,4-7H2,1-3H3,(H2,14,15). The molecule has 18 heavy (non-hydrogen) atoms. The van der Waals surface area contributed by atoms with E-state index in [9.17, 15) is 4.79 Å². The van der Waals surface area contributed by atoms with Crippen LogP contribution in [0.25, 0.3) is 0 Å². The van der Waals surface area contributed by atoms with E-state index in [0.29, 0.717) is 15.9 Å². The van der Waals surface area contributed by atoms with E-state index < -0.39 is 5.60 Å². The smallest absolute Gasteiger partial charge is 0.350 e. The Morgan fingerprint density at radius 1 is 1.39 bits per heavy atom. The predicted molar refractivity (Wildman–Crippen MR) is 72.9 cm³/mol. The summed E-state index contributed by atoms with van der Waals surface area (Å²) < 4.78 is 5.41. The first-order valence-corrected chi connectivity index (χ1v) is 7.18. The summed E-state index contributed by atoms with van der Waals surface area (Å²) in [6.07, 6.45) is 4.60. The van der Waals surface area contributed by atoms with E-state index in [-0.39, 0.29) is 5.97 Å². The van der Waals surface area contributed by atoms with Crippen molar-refractivity contribution in [2.45, 2.75) is 58.0 Å². The highest BCUT2D eigenvalue weighted by Crippen LogP contribution is 2.38. The summed E-state index contributed by atoms with van der Waals surface area (Å²) in [5, 5.41) is 0.456. The third-order valence-electron chi connectivity index (χ3n) is 3.00. The molecule has 1 aromatic rings. The van der Waals surface area contributed by atoms with Crippen LogP contribution in [-0.4, -0.2) is 16.6 Å². The number of rotatable bonds is 2. The van der Waals surface area contributed by atoms with Crippen LogP contribution in [0.15, 0.2) is 0 Å². The van der Waals surface area contributed by atoms with Crippen LogP contribution in [0.4, 0.5) is 5.13 Å². The molecule has 1 heterocycles. The van der Waals surface area contributed by atoms with E-state index in [1.54, 1.807) is 0 Å².